The molecule has 2 aliphatic heterocycles. The first-order chi connectivity index (χ1) is 9.54. The van der Waals surface area contributed by atoms with Crippen LogP contribution in [0.5, 0.6) is 0 Å². The Morgan fingerprint density at radius 2 is 2.10 bits per heavy atom. The Hall–Kier alpha value is -1.34. The number of hydrogen-bond donors (Lipinski definition) is 3. The first-order valence-corrected chi connectivity index (χ1v) is 8.08. The lowest BCUT2D eigenvalue weighted by atomic mass is 9.83. The average Bonchev–Trinajstić information content (AvgIpc) is 2.61. The predicted octanol–water partition coefficient (Wildman–Crippen LogP) is -1.06. The summed E-state index contributed by atoms with van der Waals surface area (Å²) in [6, 6.07) is -0.786. The Kier molecular flexibility index (Phi) is 3.92. The number of aliphatic carboxylic acids is 1. The zero-order valence-corrected chi connectivity index (χ0v) is 12.1. The van der Waals surface area contributed by atoms with E-state index in [1.807, 2.05) is 0 Å². The van der Waals surface area contributed by atoms with Gasteiger partial charge in [0, 0.05) is 6.42 Å². The van der Waals surface area contributed by atoms with Crippen molar-refractivity contribution in [1.29, 1.82) is 0 Å². The Balaban J connectivity index is 2.26. The summed E-state index contributed by atoms with van der Waals surface area (Å²) in [4.78, 5) is 23.6. The second-order valence-electron chi connectivity index (χ2n) is 4.56. The van der Waals surface area contributed by atoms with Crippen LogP contribution in [-0.2, 0) is 35.3 Å². The molecule has 0 bridgehead atoms. The summed E-state index contributed by atoms with van der Waals surface area (Å²) in [5, 5.41) is 9.02. The van der Waals surface area contributed by atoms with E-state index < -0.39 is 57.1 Å². The minimum atomic E-state index is -4.77. The van der Waals surface area contributed by atoms with Crippen LogP contribution in [0.3, 0.4) is 0 Å². The van der Waals surface area contributed by atoms with Crippen LogP contribution in [0.4, 0.5) is 0 Å². The van der Waals surface area contributed by atoms with Crippen molar-refractivity contribution in [1.82, 2.24) is 4.90 Å². The Morgan fingerprint density at radius 1 is 1.52 bits per heavy atom. The molecule has 2 heterocycles. The van der Waals surface area contributed by atoms with Crippen LogP contribution in [0, 0.1) is 5.92 Å². The third-order valence-corrected chi connectivity index (χ3v) is 4.69. The second kappa shape index (κ2) is 5.14. The van der Waals surface area contributed by atoms with Gasteiger partial charge in [0.05, 0.1) is 23.0 Å². The van der Waals surface area contributed by atoms with E-state index in [9.17, 15) is 22.2 Å². The van der Waals surface area contributed by atoms with E-state index in [0.717, 1.165) is 4.90 Å². The normalized spacial score (nSPS) is 28.1. The van der Waals surface area contributed by atoms with E-state index >= 15 is 0 Å². The van der Waals surface area contributed by atoms with Gasteiger partial charge in [0.2, 0.25) is 5.91 Å². The van der Waals surface area contributed by atoms with E-state index in [4.69, 9.17) is 14.2 Å². The SMILES string of the molecule is CC(OS(=O)(=O)O)C1C(=O)N2C(C(=O)O)=C(S(=O)O)CC12. The quantitative estimate of drug-likeness (QED) is 0.322. The Labute approximate surface area is 121 Å². The molecule has 10 nitrogen and oxygen atoms in total. The highest BCUT2D eigenvalue weighted by Crippen LogP contribution is 2.45. The van der Waals surface area contributed by atoms with E-state index in [0.29, 0.717) is 0 Å². The number of nitrogens with zero attached hydrogens (tertiary/aromatic N) is 1. The molecule has 0 spiro atoms. The summed E-state index contributed by atoms with van der Waals surface area (Å²) in [5.74, 6) is -3.29. The maximum Gasteiger partial charge on any atom is 0.397 e. The first-order valence-electron chi connectivity index (χ1n) is 5.60. The lowest BCUT2D eigenvalue weighted by Crippen LogP contribution is -2.62. The molecule has 1 fully saturated rings. The van der Waals surface area contributed by atoms with Gasteiger partial charge in [-0.25, -0.2) is 13.2 Å². The molecule has 4 atom stereocenters. The highest BCUT2D eigenvalue weighted by molar-refractivity contribution is 7.83. The number of carbonyl (C=O) groups excluding carboxylic acids is 1. The maximum absolute atomic E-state index is 11.9. The third-order valence-electron chi connectivity index (χ3n) is 3.36. The molecule has 1 saturated heterocycles. The minimum absolute atomic E-state index is 0.180. The number of rotatable bonds is 5. The van der Waals surface area contributed by atoms with Gasteiger partial charge in [-0.3, -0.25) is 9.35 Å². The molecular weight excluding hydrogens is 330 g/mol. The molecule has 4 unspecified atom stereocenters. The summed E-state index contributed by atoms with van der Waals surface area (Å²) in [7, 11) is -4.77. The van der Waals surface area contributed by atoms with Gasteiger partial charge in [-0.1, -0.05) is 0 Å². The number of carbonyl (C=O) groups is 2. The number of hydrogen-bond acceptors (Lipinski definition) is 6. The highest BCUT2D eigenvalue weighted by Gasteiger charge is 2.58. The van der Waals surface area contributed by atoms with Crippen molar-refractivity contribution in [3.05, 3.63) is 10.6 Å². The molecular formula is C9H11NO9S2. The van der Waals surface area contributed by atoms with Crippen LogP contribution >= 0.6 is 0 Å². The predicted molar refractivity (Wildman–Crippen MR) is 66.3 cm³/mol. The summed E-state index contributed by atoms with van der Waals surface area (Å²) in [6.45, 7) is 1.22. The van der Waals surface area contributed by atoms with Gasteiger partial charge in [-0.2, -0.15) is 8.42 Å². The number of β-lactam (4-membered cyclic amide) rings is 1. The van der Waals surface area contributed by atoms with Crippen molar-refractivity contribution in [3.63, 3.8) is 0 Å². The standard InChI is InChI=1S/C9H11NO9S2/c1-3(19-21(16,17)18)6-4-2-5(20(14)15)7(9(12)13)10(4)8(6)11/h3-4,6H,2H2,1H3,(H,12,13)(H,14,15)(H,16,17,18). The van der Waals surface area contributed by atoms with Crippen molar-refractivity contribution in [2.75, 3.05) is 0 Å². The van der Waals surface area contributed by atoms with Crippen molar-refractivity contribution >= 4 is 33.4 Å². The molecule has 0 aromatic heterocycles. The van der Waals surface area contributed by atoms with Crippen LogP contribution in [0.2, 0.25) is 0 Å². The van der Waals surface area contributed by atoms with Crippen LogP contribution < -0.4 is 0 Å². The van der Waals surface area contributed by atoms with E-state index in [-0.39, 0.29) is 11.3 Å². The van der Waals surface area contributed by atoms with Gasteiger partial charge >= 0.3 is 16.4 Å². The van der Waals surface area contributed by atoms with Gasteiger partial charge < -0.3 is 14.6 Å². The maximum atomic E-state index is 11.9. The number of amides is 1. The topological polar surface area (TPSA) is 159 Å². The molecule has 2 aliphatic rings. The van der Waals surface area contributed by atoms with Crippen molar-refractivity contribution in [3.8, 4) is 0 Å². The fourth-order valence-electron chi connectivity index (χ4n) is 2.62. The van der Waals surface area contributed by atoms with Crippen LogP contribution in [0.25, 0.3) is 0 Å². The first kappa shape index (κ1) is 16.0. The van der Waals surface area contributed by atoms with Crippen molar-refractivity contribution in [2.24, 2.45) is 5.92 Å². The van der Waals surface area contributed by atoms with E-state index in [1.54, 1.807) is 0 Å². The Bertz CT molecular complexity index is 667. The second-order valence-corrected chi connectivity index (χ2v) is 6.60. The fraction of sp³-hybridized carbons (Fsp3) is 0.556. The lowest BCUT2D eigenvalue weighted by molar-refractivity contribution is -0.160. The monoisotopic (exact) mass is 341 g/mol. The van der Waals surface area contributed by atoms with Gasteiger partial charge in [0.1, 0.15) is 5.70 Å². The summed E-state index contributed by atoms with van der Waals surface area (Å²) in [5.41, 5.74) is -0.568. The Morgan fingerprint density at radius 3 is 2.52 bits per heavy atom. The molecule has 0 aromatic rings. The van der Waals surface area contributed by atoms with Gasteiger partial charge in [0.15, 0.2) is 11.1 Å². The zero-order valence-electron chi connectivity index (χ0n) is 10.5. The summed E-state index contributed by atoms with van der Waals surface area (Å²) in [6.07, 6.45) is -1.41. The molecule has 12 heteroatoms. The zero-order chi connectivity index (χ0) is 16.1. The number of carboxylic acids is 1. The van der Waals surface area contributed by atoms with Crippen molar-refractivity contribution < 1.29 is 40.6 Å². The lowest BCUT2D eigenvalue weighted by Gasteiger charge is -2.45. The molecule has 0 aliphatic carbocycles. The minimum Gasteiger partial charge on any atom is -0.477 e. The molecule has 0 radical (unpaired) electrons. The van der Waals surface area contributed by atoms with Crippen LogP contribution in [-0.4, -0.2) is 55.8 Å². The van der Waals surface area contributed by atoms with E-state index in [2.05, 4.69) is 4.18 Å². The number of fused-ring (bicyclic) bond motifs is 1. The average molecular weight is 341 g/mol. The largest absolute Gasteiger partial charge is 0.477 e. The van der Waals surface area contributed by atoms with Crippen LogP contribution in [0.15, 0.2) is 10.6 Å². The fourth-order valence-corrected chi connectivity index (χ4v) is 3.79. The molecule has 118 valence electrons. The molecule has 0 saturated carbocycles. The number of carboxylic acid groups (broad SMARTS) is 1. The molecule has 21 heavy (non-hydrogen) atoms. The van der Waals surface area contributed by atoms with Crippen LogP contribution in [0.1, 0.15) is 13.3 Å². The van der Waals surface area contributed by atoms with Gasteiger partial charge in [0.25, 0.3) is 0 Å². The summed E-state index contributed by atoms with van der Waals surface area (Å²) < 4.78 is 54.4. The summed E-state index contributed by atoms with van der Waals surface area (Å²) >= 11 is -2.56. The van der Waals surface area contributed by atoms with Crippen molar-refractivity contribution in [2.45, 2.75) is 25.5 Å². The molecule has 3 N–H and O–H groups in total. The molecule has 2 rings (SSSR count). The molecule has 0 aromatic carbocycles. The third kappa shape index (κ3) is 2.72. The molecule has 1 amide bonds. The van der Waals surface area contributed by atoms with Gasteiger partial charge in [-0.15, -0.1) is 0 Å². The highest BCUT2D eigenvalue weighted by atomic mass is 32.3. The smallest absolute Gasteiger partial charge is 0.397 e. The van der Waals surface area contributed by atoms with Gasteiger partial charge in [-0.05, 0) is 6.92 Å². The van der Waals surface area contributed by atoms with E-state index in [1.165, 1.54) is 6.92 Å².